The van der Waals surface area contributed by atoms with Gasteiger partial charge < -0.3 is 0 Å². The highest BCUT2D eigenvalue weighted by molar-refractivity contribution is 5.15. The average Bonchev–Trinajstić information content (AvgIpc) is 2.47. The van der Waals surface area contributed by atoms with E-state index in [1.807, 2.05) is 0 Å². The van der Waals surface area contributed by atoms with Crippen LogP contribution in [0.4, 0.5) is 0 Å². The molecule has 0 radical (unpaired) electrons. The zero-order chi connectivity index (χ0) is 16.3. The molecule has 0 bridgehead atoms. The van der Waals surface area contributed by atoms with E-state index < -0.39 is 0 Å². The monoisotopic (exact) mass is 300 g/mol. The molecule has 0 aromatic rings. The van der Waals surface area contributed by atoms with Gasteiger partial charge in [0.15, 0.2) is 0 Å². The van der Waals surface area contributed by atoms with E-state index in [0.29, 0.717) is 11.3 Å². The van der Waals surface area contributed by atoms with E-state index in [1.54, 1.807) is 0 Å². The lowest BCUT2D eigenvalue weighted by atomic mass is 9.57. The van der Waals surface area contributed by atoms with Crippen LogP contribution >= 0.6 is 0 Å². The third-order valence-corrected chi connectivity index (χ3v) is 6.79. The minimum atomic E-state index is 0.341. The molecule has 0 N–H and O–H groups in total. The Morgan fingerprint density at radius 1 is 1.23 bits per heavy atom. The van der Waals surface area contributed by atoms with E-state index in [9.17, 15) is 0 Å². The molecule has 0 saturated heterocycles. The van der Waals surface area contributed by atoms with E-state index in [1.165, 1.54) is 74.5 Å². The maximum atomic E-state index is 4.50. The Bertz CT molecular complexity index is 441. The summed E-state index contributed by atoms with van der Waals surface area (Å²) >= 11 is 0. The van der Waals surface area contributed by atoms with Gasteiger partial charge in [-0.25, -0.2) is 0 Å². The van der Waals surface area contributed by atoms with Crippen LogP contribution in [0.25, 0.3) is 0 Å². The predicted octanol–water partition coefficient (Wildman–Crippen LogP) is 7.09. The Balaban J connectivity index is 2.05. The van der Waals surface area contributed by atoms with Crippen molar-refractivity contribution in [3.8, 4) is 0 Å². The van der Waals surface area contributed by atoms with Crippen LogP contribution in [0.2, 0.25) is 0 Å². The maximum absolute atomic E-state index is 4.50. The fourth-order valence-corrected chi connectivity index (χ4v) is 5.20. The summed E-state index contributed by atoms with van der Waals surface area (Å²) in [6, 6.07) is 0. The summed E-state index contributed by atoms with van der Waals surface area (Å²) < 4.78 is 0. The molecule has 22 heavy (non-hydrogen) atoms. The van der Waals surface area contributed by atoms with Crippen LogP contribution in [-0.4, -0.2) is 0 Å². The molecule has 0 heterocycles. The molecule has 2 aliphatic rings. The van der Waals surface area contributed by atoms with Crippen molar-refractivity contribution < 1.29 is 0 Å². The molecule has 0 heteroatoms. The van der Waals surface area contributed by atoms with E-state index >= 15 is 0 Å². The van der Waals surface area contributed by atoms with E-state index in [2.05, 4.69) is 40.5 Å². The minimum Gasteiger partial charge on any atom is -0.0998 e. The van der Waals surface area contributed by atoms with Gasteiger partial charge in [0.1, 0.15) is 0 Å². The van der Waals surface area contributed by atoms with Crippen LogP contribution in [0.5, 0.6) is 0 Å². The van der Waals surface area contributed by atoms with Crippen LogP contribution in [0.1, 0.15) is 78.6 Å². The summed E-state index contributed by atoms with van der Waals surface area (Å²) in [7, 11) is 0. The zero-order valence-corrected chi connectivity index (χ0v) is 15.2. The largest absolute Gasteiger partial charge is 0.0998 e. The van der Waals surface area contributed by atoms with Crippen molar-refractivity contribution in [1.29, 1.82) is 0 Å². The van der Waals surface area contributed by atoms with Crippen molar-refractivity contribution in [2.45, 2.75) is 78.6 Å². The molecule has 0 spiro atoms. The number of rotatable bonds is 5. The first-order valence-electron chi connectivity index (χ1n) is 9.38. The maximum Gasteiger partial charge on any atom is -0.00909 e. The smallest absolute Gasteiger partial charge is 0.00909 e. The molecule has 2 saturated carbocycles. The van der Waals surface area contributed by atoms with Crippen molar-refractivity contribution >= 4 is 0 Å². The SMILES string of the molecule is C=C1CCCC(C(=C)CC2CCCC(C)(C(=C)C)C2CC)C1. The Kier molecular flexibility index (Phi) is 5.75. The van der Waals surface area contributed by atoms with E-state index in [4.69, 9.17) is 0 Å². The predicted molar refractivity (Wildman–Crippen MR) is 98.9 cm³/mol. The Morgan fingerprint density at radius 3 is 2.55 bits per heavy atom. The van der Waals surface area contributed by atoms with Gasteiger partial charge in [-0.3, -0.25) is 0 Å². The first kappa shape index (κ1) is 17.6. The number of hydrogen-bond acceptors (Lipinski definition) is 0. The highest BCUT2D eigenvalue weighted by atomic mass is 14.5. The zero-order valence-electron chi connectivity index (χ0n) is 15.2. The second kappa shape index (κ2) is 7.20. The summed E-state index contributed by atoms with van der Waals surface area (Å²) in [4.78, 5) is 0. The van der Waals surface area contributed by atoms with Crippen molar-refractivity contribution in [3.63, 3.8) is 0 Å². The highest BCUT2D eigenvalue weighted by Crippen LogP contribution is 2.52. The molecule has 124 valence electrons. The van der Waals surface area contributed by atoms with Gasteiger partial charge in [0.2, 0.25) is 0 Å². The molecule has 0 aromatic heterocycles. The molecule has 2 aliphatic carbocycles. The molecule has 0 amide bonds. The van der Waals surface area contributed by atoms with Gasteiger partial charge in [-0.2, -0.15) is 0 Å². The van der Waals surface area contributed by atoms with Gasteiger partial charge in [0, 0.05) is 0 Å². The van der Waals surface area contributed by atoms with E-state index in [-0.39, 0.29) is 0 Å². The third-order valence-electron chi connectivity index (χ3n) is 6.79. The molecular formula is C22H36. The first-order valence-corrected chi connectivity index (χ1v) is 9.38. The topological polar surface area (TPSA) is 0 Å². The van der Waals surface area contributed by atoms with Crippen LogP contribution in [0.15, 0.2) is 36.5 Å². The summed E-state index contributed by atoms with van der Waals surface area (Å²) in [6.07, 6.45) is 11.6. The standard InChI is InChI=1S/C22H36/c1-7-21-20(12-9-13-22(21,6)16(2)3)15-18(5)19-11-8-10-17(4)14-19/h19-21H,2,4-5,7-15H2,1,3,6H3. The number of hydrogen-bond donors (Lipinski definition) is 0. The molecule has 2 fully saturated rings. The molecule has 0 aromatic carbocycles. The van der Waals surface area contributed by atoms with Crippen molar-refractivity contribution in [2.75, 3.05) is 0 Å². The Morgan fingerprint density at radius 2 is 1.95 bits per heavy atom. The van der Waals surface area contributed by atoms with Gasteiger partial charge in [-0.15, -0.1) is 0 Å². The van der Waals surface area contributed by atoms with Crippen molar-refractivity contribution in [3.05, 3.63) is 36.5 Å². The average molecular weight is 301 g/mol. The molecule has 4 atom stereocenters. The van der Waals surface area contributed by atoms with Gasteiger partial charge in [-0.1, -0.05) is 63.1 Å². The fourth-order valence-electron chi connectivity index (χ4n) is 5.20. The van der Waals surface area contributed by atoms with Crippen LogP contribution < -0.4 is 0 Å². The van der Waals surface area contributed by atoms with Crippen LogP contribution in [0.3, 0.4) is 0 Å². The van der Waals surface area contributed by atoms with Gasteiger partial charge in [0.05, 0.1) is 0 Å². The minimum absolute atomic E-state index is 0.341. The lowest BCUT2D eigenvalue weighted by molar-refractivity contribution is 0.0847. The summed E-state index contributed by atoms with van der Waals surface area (Å²) in [6.45, 7) is 20.1. The second-order valence-electron chi connectivity index (χ2n) is 8.27. The van der Waals surface area contributed by atoms with Crippen LogP contribution in [-0.2, 0) is 0 Å². The van der Waals surface area contributed by atoms with Crippen molar-refractivity contribution in [2.24, 2.45) is 23.2 Å². The lowest BCUT2D eigenvalue weighted by Crippen LogP contribution is -2.38. The van der Waals surface area contributed by atoms with Crippen LogP contribution in [0, 0.1) is 23.2 Å². The van der Waals surface area contributed by atoms with E-state index in [0.717, 1.165) is 11.8 Å². The van der Waals surface area contributed by atoms with Gasteiger partial charge >= 0.3 is 0 Å². The Hall–Kier alpha value is -0.780. The summed E-state index contributed by atoms with van der Waals surface area (Å²) in [5.74, 6) is 2.29. The number of allylic oxidation sites excluding steroid dienone is 3. The summed E-state index contributed by atoms with van der Waals surface area (Å²) in [5.41, 5.74) is 4.68. The molecule has 2 rings (SSSR count). The van der Waals surface area contributed by atoms with Gasteiger partial charge in [-0.05, 0) is 75.0 Å². The van der Waals surface area contributed by atoms with Gasteiger partial charge in [0.25, 0.3) is 0 Å². The summed E-state index contributed by atoms with van der Waals surface area (Å²) in [5, 5.41) is 0. The highest BCUT2D eigenvalue weighted by Gasteiger charge is 2.41. The normalized spacial score (nSPS) is 36.1. The molecule has 4 unspecified atom stereocenters. The lowest BCUT2D eigenvalue weighted by Gasteiger charge is -2.47. The molecular weight excluding hydrogens is 264 g/mol. The molecule has 0 aliphatic heterocycles. The first-order chi connectivity index (χ1) is 10.4. The fraction of sp³-hybridized carbons (Fsp3) is 0.727. The van der Waals surface area contributed by atoms with Crippen molar-refractivity contribution in [1.82, 2.24) is 0 Å². The molecule has 0 nitrogen and oxygen atoms in total. The third kappa shape index (κ3) is 3.58. The Labute approximate surface area is 138 Å². The second-order valence-corrected chi connectivity index (χ2v) is 8.27. The quantitative estimate of drug-likeness (QED) is 0.475.